The predicted molar refractivity (Wildman–Crippen MR) is 37.3 cm³/mol. The summed E-state index contributed by atoms with van der Waals surface area (Å²) in [4.78, 5) is 0. The van der Waals surface area contributed by atoms with Gasteiger partial charge in [0.15, 0.2) is 0 Å². The van der Waals surface area contributed by atoms with Gasteiger partial charge in [0.1, 0.15) is 0 Å². The molecule has 0 amide bonds. The number of unbranched alkanes of at least 4 members (excludes halogenated alkanes) is 3. The molecule has 0 radical (unpaired) electrons. The van der Waals surface area contributed by atoms with Crippen LogP contribution in [0.15, 0.2) is 0 Å². The molecule has 0 aromatic heterocycles. The van der Waals surface area contributed by atoms with Crippen molar-refractivity contribution in [2.75, 3.05) is 6.16 Å². The second-order valence-electron chi connectivity index (χ2n) is 1.81. The molecule has 0 heterocycles. The molecule has 0 spiro atoms. The molecule has 0 N–H and O–H groups in total. The molecule has 1 heteroatoms. The molecule has 0 bridgehead atoms. The normalized spacial score (nSPS) is 9.43. The van der Waals surface area contributed by atoms with Gasteiger partial charge >= 0.3 is 0 Å². The molecule has 7 heavy (non-hydrogen) atoms. The quantitative estimate of drug-likeness (QED) is 0.392. The van der Waals surface area contributed by atoms with E-state index in [1.165, 1.54) is 31.8 Å². The predicted octanol–water partition coefficient (Wildman–Crippen LogP) is 2.71. The molecule has 0 saturated carbocycles. The smallest absolute Gasteiger partial charge is 0.0537 e. The topological polar surface area (TPSA) is 0 Å². The van der Waals surface area contributed by atoms with Crippen LogP contribution in [0.2, 0.25) is 0 Å². The maximum Gasteiger partial charge on any atom is -0.0537 e. The summed E-state index contributed by atoms with van der Waals surface area (Å²) in [6.45, 7) is 2.23. The minimum absolute atomic E-state index is 1.17. The highest BCUT2D eigenvalue weighted by Gasteiger charge is 1.77. The van der Waals surface area contributed by atoms with Gasteiger partial charge in [-0.1, -0.05) is 32.6 Å². The van der Waals surface area contributed by atoms with Crippen LogP contribution in [0.1, 0.15) is 32.6 Å². The third-order valence-corrected chi connectivity index (χ3v) is 1.38. The third kappa shape index (κ3) is 6.43. The summed E-state index contributed by atoms with van der Waals surface area (Å²) in [6.07, 6.45) is 6.63. The summed E-state index contributed by atoms with van der Waals surface area (Å²) >= 11 is 0. The lowest BCUT2D eigenvalue weighted by atomic mass is 10.2. The van der Waals surface area contributed by atoms with Gasteiger partial charge in [-0.15, -0.1) is 0 Å². The molecule has 0 unspecified atom stereocenters. The van der Waals surface area contributed by atoms with Gasteiger partial charge in [-0.2, -0.15) is 6.16 Å². The molecule has 0 aromatic rings. The minimum atomic E-state index is 1.17. The van der Waals surface area contributed by atoms with Crippen molar-refractivity contribution in [3.05, 3.63) is 0 Å². The molecule has 0 saturated heterocycles. The van der Waals surface area contributed by atoms with Crippen LogP contribution in [-0.4, -0.2) is 6.16 Å². The van der Waals surface area contributed by atoms with Gasteiger partial charge < -0.3 is 9.24 Å². The Balaban J connectivity index is 2.45. The van der Waals surface area contributed by atoms with Gasteiger partial charge in [0.05, 0.1) is 0 Å². The monoisotopic (exact) mass is 117 g/mol. The van der Waals surface area contributed by atoms with Gasteiger partial charge in [0.25, 0.3) is 0 Å². The Labute approximate surface area is 48.9 Å². The van der Waals surface area contributed by atoms with E-state index in [1.54, 1.807) is 0 Å². The van der Waals surface area contributed by atoms with Crippen LogP contribution in [0.4, 0.5) is 0 Å². The Bertz CT molecular complexity index is 23.4. The molecule has 0 aliphatic carbocycles. The number of hydrogen-bond acceptors (Lipinski definition) is 0. The summed E-state index contributed by atoms with van der Waals surface area (Å²) < 4.78 is 0. The Morgan fingerprint density at radius 2 is 1.86 bits per heavy atom. The summed E-state index contributed by atoms with van der Waals surface area (Å²) in [5.74, 6) is 0. The summed E-state index contributed by atoms with van der Waals surface area (Å²) in [6, 6.07) is 0. The second kappa shape index (κ2) is 6.43. The van der Waals surface area contributed by atoms with Gasteiger partial charge in [-0.3, -0.25) is 0 Å². The second-order valence-corrected chi connectivity index (χ2v) is 2.31. The molecule has 0 fully saturated rings. The zero-order valence-corrected chi connectivity index (χ0v) is 6.04. The van der Waals surface area contributed by atoms with E-state index < -0.39 is 0 Å². The first-order chi connectivity index (χ1) is 3.41. The number of hydrogen-bond donors (Lipinski definition) is 0. The standard InChI is InChI=1S/C6H14P/c1-2-3-4-5-6-7/h7H,2-6H2,1H3/q-1. The molecule has 44 valence electrons. The number of rotatable bonds is 4. The highest BCUT2D eigenvalue weighted by molar-refractivity contribution is 7.16. The molecule has 0 rings (SSSR count). The van der Waals surface area contributed by atoms with Crippen molar-refractivity contribution in [1.82, 2.24) is 0 Å². The van der Waals surface area contributed by atoms with Crippen molar-refractivity contribution in [1.29, 1.82) is 0 Å². The van der Waals surface area contributed by atoms with Crippen molar-refractivity contribution in [3.8, 4) is 0 Å². The first-order valence-electron chi connectivity index (χ1n) is 3.06. The summed E-state index contributed by atoms with van der Waals surface area (Å²) in [7, 11) is 3.42. The Morgan fingerprint density at radius 3 is 2.29 bits per heavy atom. The van der Waals surface area contributed by atoms with Gasteiger partial charge in [-0.25, -0.2) is 0 Å². The first-order valence-corrected chi connectivity index (χ1v) is 3.77. The van der Waals surface area contributed by atoms with Crippen LogP contribution in [-0.2, 0) is 0 Å². The van der Waals surface area contributed by atoms with E-state index in [9.17, 15) is 0 Å². The van der Waals surface area contributed by atoms with Crippen molar-refractivity contribution in [3.63, 3.8) is 0 Å². The largest absolute Gasteiger partial charge is 0.558 e. The van der Waals surface area contributed by atoms with Crippen LogP contribution in [0.3, 0.4) is 0 Å². The third-order valence-electron chi connectivity index (χ3n) is 1.03. The molecular weight excluding hydrogens is 103 g/mol. The van der Waals surface area contributed by atoms with E-state index in [2.05, 4.69) is 16.2 Å². The summed E-state index contributed by atoms with van der Waals surface area (Å²) in [5, 5.41) is 0. The maximum absolute atomic E-state index is 3.42. The van der Waals surface area contributed by atoms with Crippen LogP contribution >= 0.6 is 9.24 Å². The molecule has 0 aromatic carbocycles. The molecule has 0 aliphatic heterocycles. The molecule has 0 atom stereocenters. The molecular formula is C6H14P-. The maximum atomic E-state index is 3.42. The van der Waals surface area contributed by atoms with E-state index >= 15 is 0 Å². The van der Waals surface area contributed by atoms with E-state index in [1.807, 2.05) is 0 Å². The zero-order valence-electron chi connectivity index (χ0n) is 5.04. The fourth-order valence-electron chi connectivity index (χ4n) is 0.552. The van der Waals surface area contributed by atoms with Crippen molar-refractivity contribution in [2.45, 2.75) is 32.6 Å². The van der Waals surface area contributed by atoms with Gasteiger partial charge in [-0.05, 0) is 0 Å². The SMILES string of the molecule is CCCCCC[PH-]. The van der Waals surface area contributed by atoms with Crippen LogP contribution in [0, 0.1) is 0 Å². The molecule has 0 nitrogen and oxygen atoms in total. The zero-order chi connectivity index (χ0) is 5.54. The molecule has 0 aliphatic rings. The highest BCUT2D eigenvalue weighted by Crippen LogP contribution is 2.00. The first kappa shape index (κ1) is 7.43. The fourth-order valence-corrected chi connectivity index (χ4v) is 0.802. The highest BCUT2D eigenvalue weighted by atomic mass is 31.0. The van der Waals surface area contributed by atoms with Gasteiger partial charge in [0, 0.05) is 0 Å². The van der Waals surface area contributed by atoms with Gasteiger partial charge in [0.2, 0.25) is 0 Å². The average Bonchev–Trinajstić information content (AvgIpc) is 1.69. The summed E-state index contributed by atoms with van der Waals surface area (Å²) in [5.41, 5.74) is 0. The van der Waals surface area contributed by atoms with E-state index in [4.69, 9.17) is 0 Å². The van der Waals surface area contributed by atoms with Crippen molar-refractivity contribution < 1.29 is 0 Å². The van der Waals surface area contributed by atoms with Crippen molar-refractivity contribution in [2.24, 2.45) is 0 Å². The Hall–Kier alpha value is 0.430. The van der Waals surface area contributed by atoms with Crippen LogP contribution in [0.25, 0.3) is 0 Å². The Kier molecular flexibility index (Phi) is 6.82. The Morgan fingerprint density at radius 1 is 1.14 bits per heavy atom. The lowest BCUT2D eigenvalue weighted by molar-refractivity contribution is 0.706. The van der Waals surface area contributed by atoms with Crippen molar-refractivity contribution >= 4 is 9.24 Å². The van der Waals surface area contributed by atoms with E-state index in [-0.39, 0.29) is 0 Å². The van der Waals surface area contributed by atoms with E-state index in [0.29, 0.717) is 0 Å². The lowest BCUT2D eigenvalue weighted by Crippen LogP contribution is -1.73. The van der Waals surface area contributed by atoms with Crippen LogP contribution in [0.5, 0.6) is 0 Å². The minimum Gasteiger partial charge on any atom is -0.558 e. The lowest BCUT2D eigenvalue weighted by Gasteiger charge is -1.96. The fraction of sp³-hybridized carbons (Fsp3) is 1.00. The average molecular weight is 117 g/mol. The van der Waals surface area contributed by atoms with E-state index in [0.717, 1.165) is 0 Å². The van der Waals surface area contributed by atoms with Crippen LogP contribution < -0.4 is 0 Å².